The molecule has 1 saturated heterocycles. The fourth-order valence-electron chi connectivity index (χ4n) is 3.38. The van der Waals surface area contributed by atoms with Crippen molar-refractivity contribution in [1.82, 2.24) is 10.2 Å². The van der Waals surface area contributed by atoms with Crippen LogP contribution < -0.4 is 10.6 Å². The van der Waals surface area contributed by atoms with Crippen molar-refractivity contribution in [2.24, 2.45) is 5.92 Å². The molecule has 0 bridgehead atoms. The Morgan fingerprint density at radius 1 is 1.13 bits per heavy atom. The van der Waals surface area contributed by atoms with Gasteiger partial charge in [-0.15, -0.1) is 11.8 Å². The number of rotatable bonds is 11. The van der Waals surface area contributed by atoms with E-state index in [0.717, 1.165) is 25.7 Å². The molecule has 0 aromatic heterocycles. The first kappa shape index (κ1) is 24.2. The average Bonchev–Trinajstić information content (AvgIpc) is 2.75. The molecule has 6 nitrogen and oxygen atoms in total. The molecular weight excluding hydrogens is 405 g/mol. The summed E-state index contributed by atoms with van der Waals surface area (Å²) in [5.41, 5.74) is 0.521. The van der Waals surface area contributed by atoms with Crippen LogP contribution in [0.15, 0.2) is 24.3 Å². The van der Waals surface area contributed by atoms with Crippen molar-refractivity contribution in [1.29, 1.82) is 0 Å². The van der Waals surface area contributed by atoms with Gasteiger partial charge in [0.15, 0.2) is 0 Å². The largest absolute Gasteiger partial charge is 0.356 e. The van der Waals surface area contributed by atoms with E-state index in [0.29, 0.717) is 25.3 Å². The number of unbranched alkanes of at least 4 members (excludes halogenated alkanes) is 3. The van der Waals surface area contributed by atoms with E-state index in [9.17, 15) is 18.8 Å². The zero-order chi connectivity index (χ0) is 21.8. The predicted octanol–water partition coefficient (Wildman–Crippen LogP) is 3.43. The number of hydrogen-bond donors (Lipinski definition) is 2. The van der Waals surface area contributed by atoms with Gasteiger partial charge in [0.25, 0.3) is 0 Å². The number of carbonyl (C=O) groups is 3. The SMILES string of the molecule is CCCCCCNC(=O)C1CCCN(C(=O)CSCC(=O)Nc2ccc(F)cc2)C1. The molecule has 3 amide bonds. The van der Waals surface area contributed by atoms with Crippen LogP contribution in [0.2, 0.25) is 0 Å². The number of piperidine rings is 1. The molecule has 2 rings (SSSR count). The Labute approximate surface area is 182 Å². The molecule has 0 aliphatic carbocycles. The second kappa shape index (κ2) is 13.3. The summed E-state index contributed by atoms with van der Waals surface area (Å²) in [5.74, 6) is -0.428. The van der Waals surface area contributed by atoms with Crippen molar-refractivity contribution >= 4 is 35.2 Å². The maximum atomic E-state index is 12.9. The lowest BCUT2D eigenvalue weighted by Crippen LogP contribution is -2.46. The first-order valence-corrected chi connectivity index (χ1v) is 11.8. The molecule has 8 heteroatoms. The van der Waals surface area contributed by atoms with Crippen molar-refractivity contribution in [3.05, 3.63) is 30.1 Å². The van der Waals surface area contributed by atoms with Crippen molar-refractivity contribution in [3.63, 3.8) is 0 Å². The number of benzene rings is 1. The van der Waals surface area contributed by atoms with E-state index in [4.69, 9.17) is 0 Å². The number of carbonyl (C=O) groups excluding carboxylic acids is 3. The molecule has 1 aromatic carbocycles. The third kappa shape index (κ3) is 8.73. The van der Waals surface area contributed by atoms with Gasteiger partial charge in [-0.1, -0.05) is 26.2 Å². The highest BCUT2D eigenvalue weighted by Gasteiger charge is 2.28. The molecule has 30 heavy (non-hydrogen) atoms. The van der Waals surface area contributed by atoms with E-state index in [-0.39, 0.29) is 41.0 Å². The molecule has 1 aliphatic rings. The minimum absolute atomic E-state index is 0.0373. The van der Waals surface area contributed by atoms with Crippen molar-refractivity contribution in [2.75, 3.05) is 36.5 Å². The van der Waals surface area contributed by atoms with Gasteiger partial charge in [0, 0.05) is 25.3 Å². The van der Waals surface area contributed by atoms with Crippen LogP contribution in [-0.4, -0.2) is 53.8 Å². The van der Waals surface area contributed by atoms with Crippen LogP contribution in [0, 0.1) is 11.7 Å². The lowest BCUT2D eigenvalue weighted by molar-refractivity contribution is -0.133. The topological polar surface area (TPSA) is 78.5 Å². The number of thioether (sulfide) groups is 1. The number of amides is 3. The second-order valence-corrected chi connectivity index (χ2v) is 8.56. The average molecular weight is 438 g/mol. The molecule has 1 heterocycles. The summed E-state index contributed by atoms with van der Waals surface area (Å²) in [5, 5.41) is 5.67. The van der Waals surface area contributed by atoms with Gasteiger partial charge in [0.2, 0.25) is 17.7 Å². The quantitative estimate of drug-likeness (QED) is 0.520. The third-order valence-electron chi connectivity index (χ3n) is 5.06. The second-order valence-electron chi connectivity index (χ2n) is 7.58. The molecule has 1 aromatic rings. The fourth-order valence-corrected chi connectivity index (χ4v) is 4.09. The molecule has 0 radical (unpaired) electrons. The van der Waals surface area contributed by atoms with E-state index in [1.807, 2.05) is 0 Å². The summed E-state index contributed by atoms with van der Waals surface area (Å²) in [6.45, 7) is 3.95. The zero-order valence-corrected chi connectivity index (χ0v) is 18.4. The van der Waals surface area contributed by atoms with Gasteiger partial charge in [0.05, 0.1) is 17.4 Å². The predicted molar refractivity (Wildman–Crippen MR) is 119 cm³/mol. The van der Waals surface area contributed by atoms with Crippen LogP contribution in [0.4, 0.5) is 10.1 Å². The van der Waals surface area contributed by atoms with Gasteiger partial charge in [-0.2, -0.15) is 0 Å². The Morgan fingerprint density at radius 3 is 2.63 bits per heavy atom. The molecular formula is C22H32FN3O3S. The maximum Gasteiger partial charge on any atom is 0.234 e. The van der Waals surface area contributed by atoms with Crippen molar-refractivity contribution in [2.45, 2.75) is 45.4 Å². The monoisotopic (exact) mass is 437 g/mol. The summed E-state index contributed by atoms with van der Waals surface area (Å²) < 4.78 is 12.9. The number of nitrogens with one attached hydrogen (secondary N) is 2. The van der Waals surface area contributed by atoms with Gasteiger partial charge in [-0.05, 0) is 43.5 Å². The normalized spacial score (nSPS) is 16.2. The molecule has 0 spiro atoms. The Bertz CT molecular complexity index is 699. The summed E-state index contributed by atoms with van der Waals surface area (Å²) in [6.07, 6.45) is 6.08. The Morgan fingerprint density at radius 2 is 1.90 bits per heavy atom. The van der Waals surface area contributed by atoms with Gasteiger partial charge in [-0.25, -0.2) is 4.39 Å². The van der Waals surface area contributed by atoms with Crippen LogP contribution in [0.1, 0.15) is 45.4 Å². The van der Waals surface area contributed by atoms with Crippen LogP contribution >= 0.6 is 11.8 Å². The van der Waals surface area contributed by atoms with Gasteiger partial charge < -0.3 is 15.5 Å². The van der Waals surface area contributed by atoms with Crippen LogP contribution in [0.3, 0.4) is 0 Å². The Balaban J connectivity index is 1.66. The smallest absolute Gasteiger partial charge is 0.234 e. The van der Waals surface area contributed by atoms with Gasteiger partial charge in [-0.3, -0.25) is 14.4 Å². The number of nitrogens with zero attached hydrogens (tertiary/aromatic N) is 1. The summed E-state index contributed by atoms with van der Waals surface area (Å²) >= 11 is 1.24. The number of halogens is 1. The zero-order valence-electron chi connectivity index (χ0n) is 17.6. The number of likely N-dealkylation sites (tertiary alicyclic amines) is 1. The van der Waals surface area contributed by atoms with E-state index < -0.39 is 0 Å². The Hall–Kier alpha value is -2.09. The molecule has 166 valence electrons. The number of anilines is 1. The van der Waals surface area contributed by atoms with Crippen molar-refractivity contribution in [3.8, 4) is 0 Å². The van der Waals surface area contributed by atoms with E-state index in [2.05, 4.69) is 17.6 Å². The minimum Gasteiger partial charge on any atom is -0.356 e. The van der Waals surface area contributed by atoms with Gasteiger partial charge in [0.1, 0.15) is 5.82 Å². The standard InChI is InChI=1S/C22H32FN3O3S/c1-2-3-4-5-12-24-22(29)17-7-6-13-26(14-17)21(28)16-30-15-20(27)25-19-10-8-18(23)9-11-19/h8-11,17H,2-7,12-16H2,1H3,(H,24,29)(H,25,27). The first-order chi connectivity index (χ1) is 14.5. The molecule has 2 N–H and O–H groups in total. The molecule has 1 fully saturated rings. The number of hydrogen-bond acceptors (Lipinski definition) is 4. The minimum atomic E-state index is -0.363. The van der Waals surface area contributed by atoms with Crippen LogP contribution in [0.5, 0.6) is 0 Å². The van der Waals surface area contributed by atoms with E-state index in [1.165, 1.54) is 48.9 Å². The lowest BCUT2D eigenvalue weighted by atomic mass is 9.97. The molecule has 1 aliphatic heterocycles. The molecule has 1 atom stereocenters. The first-order valence-electron chi connectivity index (χ1n) is 10.7. The third-order valence-corrected chi connectivity index (χ3v) is 5.98. The van der Waals surface area contributed by atoms with Gasteiger partial charge >= 0.3 is 0 Å². The summed E-state index contributed by atoms with van der Waals surface area (Å²) in [6, 6.07) is 5.54. The summed E-state index contributed by atoms with van der Waals surface area (Å²) in [4.78, 5) is 38.5. The fraction of sp³-hybridized carbons (Fsp3) is 0.591. The van der Waals surface area contributed by atoms with Crippen LogP contribution in [0.25, 0.3) is 0 Å². The highest BCUT2D eigenvalue weighted by Crippen LogP contribution is 2.18. The van der Waals surface area contributed by atoms with E-state index >= 15 is 0 Å². The molecule has 1 unspecified atom stereocenters. The maximum absolute atomic E-state index is 12.9. The van der Waals surface area contributed by atoms with Crippen LogP contribution in [-0.2, 0) is 14.4 Å². The highest BCUT2D eigenvalue weighted by molar-refractivity contribution is 8.00. The summed E-state index contributed by atoms with van der Waals surface area (Å²) in [7, 11) is 0. The Kier molecular flexibility index (Phi) is 10.7. The van der Waals surface area contributed by atoms with E-state index in [1.54, 1.807) is 4.90 Å². The highest BCUT2D eigenvalue weighted by atomic mass is 32.2. The lowest BCUT2D eigenvalue weighted by Gasteiger charge is -2.32. The van der Waals surface area contributed by atoms with Crippen molar-refractivity contribution < 1.29 is 18.8 Å². The molecule has 0 saturated carbocycles.